The summed E-state index contributed by atoms with van der Waals surface area (Å²) >= 11 is 0. The Bertz CT molecular complexity index is 812. The zero-order valence-corrected chi connectivity index (χ0v) is 16.0. The summed E-state index contributed by atoms with van der Waals surface area (Å²) in [5.41, 5.74) is 1.72. The van der Waals surface area contributed by atoms with Gasteiger partial charge in [0, 0.05) is 38.2 Å². The highest BCUT2D eigenvalue weighted by atomic mass is 19.4. The molecule has 1 saturated heterocycles. The molecule has 2 aliphatic rings. The number of alkyl halides is 3. The van der Waals surface area contributed by atoms with Crippen molar-refractivity contribution in [1.29, 1.82) is 0 Å². The third-order valence-electron chi connectivity index (χ3n) is 5.08. The third-order valence-corrected chi connectivity index (χ3v) is 5.08. The lowest BCUT2D eigenvalue weighted by atomic mass is 10.0. The lowest BCUT2D eigenvalue weighted by molar-refractivity contribution is -0.147. The molecule has 3 amide bonds. The molecule has 29 heavy (non-hydrogen) atoms. The van der Waals surface area contributed by atoms with Crippen LogP contribution < -0.4 is 10.6 Å². The summed E-state index contributed by atoms with van der Waals surface area (Å²) in [6.45, 7) is -0.123. The quantitative estimate of drug-likeness (QED) is 0.654. The van der Waals surface area contributed by atoms with Crippen LogP contribution in [0, 0.1) is 0 Å². The second-order valence-electron chi connectivity index (χ2n) is 7.32. The van der Waals surface area contributed by atoms with Crippen molar-refractivity contribution in [2.24, 2.45) is 0 Å². The molecule has 0 spiro atoms. The number of rotatable bonds is 7. The minimum Gasteiger partial charge on any atom is -0.322 e. The van der Waals surface area contributed by atoms with Crippen LogP contribution in [0.2, 0.25) is 0 Å². The summed E-state index contributed by atoms with van der Waals surface area (Å²) in [7, 11) is 1.67. The van der Waals surface area contributed by atoms with Crippen LogP contribution in [-0.4, -0.2) is 66.4 Å². The number of carbonyl (C=O) groups is 3. The molecule has 7 nitrogen and oxygen atoms in total. The van der Waals surface area contributed by atoms with Crippen LogP contribution in [-0.2, 0) is 22.7 Å². The number of hydrogen-bond acceptors (Lipinski definition) is 5. The predicted molar refractivity (Wildman–Crippen MR) is 97.7 cm³/mol. The van der Waals surface area contributed by atoms with E-state index in [1.54, 1.807) is 25.2 Å². The molecule has 1 unspecified atom stereocenters. The van der Waals surface area contributed by atoms with E-state index in [2.05, 4.69) is 10.6 Å². The van der Waals surface area contributed by atoms with Crippen molar-refractivity contribution < 1.29 is 27.6 Å². The molecule has 2 N–H and O–H groups in total. The van der Waals surface area contributed by atoms with Gasteiger partial charge in [-0.3, -0.25) is 24.6 Å². The maximum atomic E-state index is 12.9. The van der Waals surface area contributed by atoms with Gasteiger partial charge in [-0.2, -0.15) is 13.2 Å². The Morgan fingerprint density at radius 2 is 2.03 bits per heavy atom. The van der Waals surface area contributed by atoms with E-state index in [0.29, 0.717) is 17.7 Å². The number of nitrogens with one attached hydrogen (secondary N) is 2. The molecular weight excluding hydrogens is 389 g/mol. The van der Waals surface area contributed by atoms with Crippen molar-refractivity contribution in [2.45, 2.75) is 38.1 Å². The SMILES string of the molecule is CNCCN(Cc1ccc2c(c1)C(=O)N(C1CCC(=O)NC1=O)C2)CC(F)(F)F. The number of carbonyl (C=O) groups excluding carboxylic acids is 3. The van der Waals surface area contributed by atoms with Gasteiger partial charge >= 0.3 is 6.18 Å². The fraction of sp³-hybridized carbons (Fsp3) is 0.526. The lowest BCUT2D eigenvalue weighted by Gasteiger charge is -2.29. The average molecular weight is 412 g/mol. The highest BCUT2D eigenvalue weighted by molar-refractivity contribution is 6.05. The monoisotopic (exact) mass is 412 g/mol. The van der Waals surface area contributed by atoms with Crippen molar-refractivity contribution in [1.82, 2.24) is 20.4 Å². The topological polar surface area (TPSA) is 81.8 Å². The first kappa shape index (κ1) is 21.3. The highest BCUT2D eigenvalue weighted by Crippen LogP contribution is 2.29. The molecule has 0 bridgehead atoms. The first-order chi connectivity index (χ1) is 13.7. The summed E-state index contributed by atoms with van der Waals surface area (Å²) in [4.78, 5) is 38.9. The van der Waals surface area contributed by atoms with Crippen molar-refractivity contribution in [2.75, 3.05) is 26.7 Å². The standard InChI is InChI=1S/C19H23F3N4O3/c1-23-6-7-25(11-19(20,21)22)9-12-2-3-13-10-26(18(29)14(13)8-12)15-4-5-16(27)24-17(15)28/h2-3,8,15,23H,4-7,9-11H2,1H3,(H,24,27,28). The number of hydrogen-bond donors (Lipinski definition) is 2. The van der Waals surface area contributed by atoms with E-state index >= 15 is 0 Å². The summed E-state index contributed by atoms with van der Waals surface area (Å²) < 4.78 is 38.6. The molecule has 0 aromatic heterocycles. The van der Waals surface area contributed by atoms with Gasteiger partial charge in [-0.1, -0.05) is 12.1 Å². The molecular formula is C19H23F3N4O3. The largest absolute Gasteiger partial charge is 0.401 e. The van der Waals surface area contributed by atoms with Gasteiger partial charge in [-0.15, -0.1) is 0 Å². The van der Waals surface area contributed by atoms with Gasteiger partial charge in [0.2, 0.25) is 11.8 Å². The Labute approximate surface area is 166 Å². The second kappa shape index (κ2) is 8.50. The smallest absolute Gasteiger partial charge is 0.322 e. The minimum absolute atomic E-state index is 0.0557. The average Bonchev–Trinajstić information content (AvgIpc) is 2.95. The van der Waals surface area contributed by atoms with Crippen molar-refractivity contribution in [3.05, 3.63) is 34.9 Å². The fourth-order valence-electron chi connectivity index (χ4n) is 3.70. The van der Waals surface area contributed by atoms with E-state index in [1.165, 1.54) is 9.80 Å². The molecule has 1 fully saturated rings. The number of benzene rings is 1. The number of halogens is 3. The van der Waals surface area contributed by atoms with Gasteiger partial charge in [0.05, 0.1) is 6.54 Å². The normalized spacial score (nSPS) is 19.7. The fourth-order valence-corrected chi connectivity index (χ4v) is 3.70. The van der Waals surface area contributed by atoms with Crippen LogP contribution in [0.25, 0.3) is 0 Å². The Kier molecular flexibility index (Phi) is 6.23. The zero-order valence-electron chi connectivity index (χ0n) is 16.0. The molecule has 2 aliphatic heterocycles. The summed E-state index contributed by atoms with van der Waals surface area (Å²) in [5, 5.41) is 5.08. The molecule has 3 rings (SSSR count). The van der Waals surface area contributed by atoms with Gasteiger partial charge in [0.15, 0.2) is 0 Å². The first-order valence-electron chi connectivity index (χ1n) is 9.38. The number of likely N-dealkylation sites (N-methyl/N-ethyl adjacent to an activating group) is 1. The summed E-state index contributed by atoms with van der Waals surface area (Å²) in [5.74, 6) is -1.19. The molecule has 0 aliphatic carbocycles. The molecule has 158 valence electrons. The van der Waals surface area contributed by atoms with Gasteiger partial charge in [-0.05, 0) is 30.7 Å². The van der Waals surface area contributed by atoms with E-state index in [0.717, 1.165) is 5.56 Å². The predicted octanol–water partition coefficient (Wildman–Crippen LogP) is 1.03. The molecule has 2 heterocycles. The van der Waals surface area contributed by atoms with Crippen LogP contribution in [0.15, 0.2) is 18.2 Å². The lowest BCUT2D eigenvalue weighted by Crippen LogP contribution is -2.52. The van der Waals surface area contributed by atoms with Gasteiger partial charge in [-0.25, -0.2) is 0 Å². The summed E-state index contributed by atoms with van der Waals surface area (Å²) in [6, 6.07) is 4.32. The summed E-state index contributed by atoms with van der Waals surface area (Å²) in [6.07, 6.45) is -3.89. The van der Waals surface area contributed by atoms with E-state index < -0.39 is 24.7 Å². The van der Waals surface area contributed by atoms with Crippen LogP contribution in [0.1, 0.15) is 34.3 Å². The van der Waals surface area contributed by atoms with Crippen LogP contribution in [0.4, 0.5) is 13.2 Å². The Balaban J connectivity index is 1.73. The van der Waals surface area contributed by atoms with Crippen LogP contribution >= 0.6 is 0 Å². The molecule has 0 radical (unpaired) electrons. The van der Waals surface area contributed by atoms with Crippen LogP contribution in [0.3, 0.4) is 0 Å². The van der Waals surface area contributed by atoms with Gasteiger partial charge in [0.25, 0.3) is 5.91 Å². The molecule has 10 heteroatoms. The maximum absolute atomic E-state index is 12.9. The third kappa shape index (κ3) is 5.13. The first-order valence-corrected chi connectivity index (χ1v) is 9.38. The maximum Gasteiger partial charge on any atom is 0.401 e. The number of imide groups is 1. The Morgan fingerprint density at radius 1 is 1.28 bits per heavy atom. The van der Waals surface area contributed by atoms with Crippen molar-refractivity contribution in [3.63, 3.8) is 0 Å². The molecule has 1 atom stereocenters. The molecule has 0 saturated carbocycles. The second-order valence-corrected chi connectivity index (χ2v) is 7.32. The number of nitrogens with zero attached hydrogens (tertiary/aromatic N) is 2. The van der Waals surface area contributed by atoms with Gasteiger partial charge < -0.3 is 10.2 Å². The van der Waals surface area contributed by atoms with Crippen molar-refractivity contribution >= 4 is 17.7 Å². The number of fused-ring (bicyclic) bond motifs is 1. The van der Waals surface area contributed by atoms with Crippen LogP contribution in [0.5, 0.6) is 0 Å². The Morgan fingerprint density at radius 3 is 2.69 bits per heavy atom. The molecule has 1 aromatic carbocycles. The number of piperidine rings is 1. The number of amides is 3. The zero-order chi connectivity index (χ0) is 21.2. The van der Waals surface area contributed by atoms with E-state index in [-0.39, 0.29) is 44.3 Å². The van der Waals surface area contributed by atoms with Gasteiger partial charge in [0.1, 0.15) is 6.04 Å². The van der Waals surface area contributed by atoms with E-state index in [9.17, 15) is 27.6 Å². The highest BCUT2D eigenvalue weighted by Gasteiger charge is 2.39. The van der Waals surface area contributed by atoms with E-state index in [4.69, 9.17) is 0 Å². The Hall–Kier alpha value is -2.46. The molecule has 1 aromatic rings. The van der Waals surface area contributed by atoms with E-state index in [1.807, 2.05) is 0 Å². The van der Waals surface area contributed by atoms with Crippen molar-refractivity contribution in [3.8, 4) is 0 Å². The minimum atomic E-state index is -4.32.